The van der Waals surface area contributed by atoms with Gasteiger partial charge < -0.3 is 10.1 Å². The summed E-state index contributed by atoms with van der Waals surface area (Å²) in [6.45, 7) is 1.88. The highest BCUT2D eigenvalue weighted by Crippen LogP contribution is 2.26. The van der Waals surface area contributed by atoms with E-state index < -0.39 is 0 Å². The highest BCUT2D eigenvalue weighted by molar-refractivity contribution is 6.31. The topological polar surface area (TPSA) is 51.2 Å². The fraction of sp³-hybridized carbons (Fsp3) is 0.0526. The van der Waals surface area contributed by atoms with Crippen molar-refractivity contribution in [3.8, 4) is 11.5 Å². The second-order valence-electron chi connectivity index (χ2n) is 5.18. The standard InChI is InChI=1S/C19H15ClN2O2/c1-13-18(9-4-10-21-13)24-17-8-3-7-16(12-17)22-19(23)14-5-2-6-15(20)11-14/h2-12H,1H3,(H,22,23). The summed E-state index contributed by atoms with van der Waals surface area (Å²) in [5, 5.41) is 3.35. The number of ether oxygens (including phenoxy) is 1. The van der Waals surface area contributed by atoms with Gasteiger partial charge >= 0.3 is 0 Å². The van der Waals surface area contributed by atoms with Crippen molar-refractivity contribution in [1.82, 2.24) is 4.98 Å². The maximum Gasteiger partial charge on any atom is 0.255 e. The molecule has 5 heteroatoms. The van der Waals surface area contributed by atoms with Crippen molar-refractivity contribution < 1.29 is 9.53 Å². The zero-order valence-corrected chi connectivity index (χ0v) is 13.7. The number of amides is 1. The largest absolute Gasteiger partial charge is 0.455 e. The Morgan fingerprint density at radius 1 is 1.08 bits per heavy atom. The van der Waals surface area contributed by atoms with Crippen LogP contribution in [-0.2, 0) is 0 Å². The fourth-order valence-electron chi connectivity index (χ4n) is 2.17. The van der Waals surface area contributed by atoms with Crippen molar-refractivity contribution in [2.75, 3.05) is 5.32 Å². The summed E-state index contributed by atoms with van der Waals surface area (Å²) in [6, 6.07) is 17.6. The van der Waals surface area contributed by atoms with E-state index in [9.17, 15) is 4.79 Å². The third-order valence-corrected chi connectivity index (χ3v) is 3.60. The van der Waals surface area contributed by atoms with Crippen LogP contribution in [0.4, 0.5) is 5.69 Å². The summed E-state index contributed by atoms with van der Waals surface area (Å²) >= 11 is 5.92. The maximum atomic E-state index is 12.3. The SMILES string of the molecule is Cc1ncccc1Oc1cccc(NC(=O)c2cccc(Cl)c2)c1. The van der Waals surface area contributed by atoms with Gasteiger partial charge in [0, 0.05) is 28.5 Å². The molecule has 0 fully saturated rings. The number of nitrogens with one attached hydrogen (secondary N) is 1. The van der Waals surface area contributed by atoms with Crippen molar-refractivity contribution in [2.45, 2.75) is 6.92 Å². The highest BCUT2D eigenvalue weighted by atomic mass is 35.5. The van der Waals surface area contributed by atoms with Crippen molar-refractivity contribution >= 4 is 23.2 Å². The molecule has 3 aromatic rings. The van der Waals surface area contributed by atoms with Crippen molar-refractivity contribution in [3.63, 3.8) is 0 Å². The van der Waals surface area contributed by atoms with Gasteiger partial charge in [0.1, 0.15) is 11.5 Å². The smallest absolute Gasteiger partial charge is 0.255 e. The third kappa shape index (κ3) is 3.91. The van der Waals surface area contributed by atoms with Gasteiger partial charge in [-0.05, 0) is 49.4 Å². The minimum Gasteiger partial charge on any atom is -0.455 e. The summed E-state index contributed by atoms with van der Waals surface area (Å²) in [7, 11) is 0. The number of anilines is 1. The molecule has 120 valence electrons. The van der Waals surface area contributed by atoms with Gasteiger partial charge in [-0.25, -0.2) is 0 Å². The van der Waals surface area contributed by atoms with Crippen LogP contribution in [0.1, 0.15) is 16.1 Å². The van der Waals surface area contributed by atoms with E-state index in [1.54, 1.807) is 42.6 Å². The second kappa shape index (κ2) is 7.15. The zero-order chi connectivity index (χ0) is 16.9. The quantitative estimate of drug-likeness (QED) is 0.721. The fourth-order valence-corrected chi connectivity index (χ4v) is 2.36. The number of hydrogen-bond acceptors (Lipinski definition) is 3. The summed E-state index contributed by atoms with van der Waals surface area (Å²) in [6.07, 6.45) is 1.71. The van der Waals surface area contributed by atoms with E-state index >= 15 is 0 Å². The lowest BCUT2D eigenvalue weighted by Gasteiger charge is -2.10. The predicted octanol–water partition coefficient (Wildman–Crippen LogP) is 5.09. The van der Waals surface area contributed by atoms with Crippen LogP contribution in [0.15, 0.2) is 66.9 Å². The summed E-state index contributed by atoms with van der Waals surface area (Å²) in [5.41, 5.74) is 1.93. The molecule has 0 aliphatic carbocycles. The van der Waals surface area contributed by atoms with Gasteiger partial charge in [-0.15, -0.1) is 0 Å². The van der Waals surface area contributed by atoms with Crippen LogP contribution in [-0.4, -0.2) is 10.9 Å². The van der Waals surface area contributed by atoms with E-state index in [-0.39, 0.29) is 5.91 Å². The summed E-state index contributed by atoms with van der Waals surface area (Å²) < 4.78 is 5.82. The van der Waals surface area contributed by atoms with E-state index in [2.05, 4.69) is 10.3 Å². The molecular formula is C19H15ClN2O2. The Kier molecular flexibility index (Phi) is 4.77. The van der Waals surface area contributed by atoms with Gasteiger partial charge in [0.25, 0.3) is 5.91 Å². The number of benzene rings is 2. The van der Waals surface area contributed by atoms with Crippen LogP contribution in [0.2, 0.25) is 5.02 Å². The van der Waals surface area contributed by atoms with E-state index in [1.165, 1.54) is 0 Å². The van der Waals surface area contributed by atoms with Crippen molar-refractivity contribution in [1.29, 1.82) is 0 Å². The van der Waals surface area contributed by atoms with Gasteiger partial charge in [0.15, 0.2) is 0 Å². The first-order valence-corrected chi connectivity index (χ1v) is 7.76. The lowest BCUT2D eigenvalue weighted by Crippen LogP contribution is -2.11. The molecule has 0 atom stereocenters. The Morgan fingerprint density at radius 3 is 2.71 bits per heavy atom. The lowest BCUT2D eigenvalue weighted by molar-refractivity contribution is 0.102. The molecule has 0 spiro atoms. The Labute approximate surface area is 145 Å². The van der Waals surface area contributed by atoms with Gasteiger partial charge in [0.05, 0.1) is 5.69 Å². The molecule has 0 unspecified atom stereocenters. The van der Waals surface area contributed by atoms with E-state index in [0.717, 1.165) is 5.69 Å². The zero-order valence-electron chi connectivity index (χ0n) is 13.0. The average Bonchev–Trinajstić information content (AvgIpc) is 2.57. The molecule has 0 radical (unpaired) electrons. The van der Waals surface area contributed by atoms with Gasteiger partial charge in [0.2, 0.25) is 0 Å². The number of rotatable bonds is 4. The summed E-state index contributed by atoms with van der Waals surface area (Å²) in [5.74, 6) is 1.07. The van der Waals surface area contributed by atoms with Crippen LogP contribution >= 0.6 is 11.6 Å². The third-order valence-electron chi connectivity index (χ3n) is 3.36. The molecular weight excluding hydrogens is 324 g/mol. The number of aromatic nitrogens is 1. The highest BCUT2D eigenvalue weighted by Gasteiger charge is 2.08. The molecule has 4 nitrogen and oxygen atoms in total. The molecule has 0 aliphatic rings. The Bertz CT molecular complexity index is 881. The minimum atomic E-state index is -0.229. The molecule has 1 aromatic heterocycles. The first kappa shape index (κ1) is 16.0. The number of hydrogen-bond donors (Lipinski definition) is 1. The number of carbonyl (C=O) groups is 1. The van der Waals surface area contributed by atoms with E-state index in [1.807, 2.05) is 31.2 Å². The molecule has 3 rings (SSSR count). The molecule has 0 bridgehead atoms. The molecule has 2 aromatic carbocycles. The minimum absolute atomic E-state index is 0.229. The molecule has 1 N–H and O–H groups in total. The maximum absolute atomic E-state index is 12.3. The van der Waals surface area contributed by atoms with Gasteiger partial charge in [-0.2, -0.15) is 0 Å². The normalized spacial score (nSPS) is 10.2. The van der Waals surface area contributed by atoms with Crippen LogP contribution in [0, 0.1) is 6.92 Å². The monoisotopic (exact) mass is 338 g/mol. The number of carbonyl (C=O) groups excluding carboxylic acids is 1. The van der Waals surface area contributed by atoms with Crippen LogP contribution in [0.25, 0.3) is 0 Å². The number of aryl methyl sites for hydroxylation is 1. The van der Waals surface area contributed by atoms with Crippen LogP contribution in [0.3, 0.4) is 0 Å². The summed E-state index contributed by atoms with van der Waals surface area (Å²) in [4.78, 5) is 16.5. The predicted molar refractivity (Wildman–Crippen MR) is 94.9 cm³/mol. The average molecular weight is 339 g/mol. The molecule has 1 heterocycles. The molecule has 24 heavy (non-hydrogen) atoms. The number of halogens is 1. The molecule has 0 aliphatic heterocycles. The lowest BCUT2D eigenvalue weighted by atomic mass is 10.2. The number of pyridine rings is 1. The van der Waals surface area contributed by atoms with Gasteiger partial charge in [-0.1, -0.05) is 23.7 Å². The first-order chi connectivity index (χ1) is 11.6. The Hall–Kier alpha value is -2.85. The number of nitrogens with zero attached hydrogens (tertiary/aromatic N) is 1. The van der Waals surface area contributed by atoms with Crippen LogP contribution in [0.5, 0.6) is 11.5 Å². The Morgan fingerprint density at radius 2 is 1.92 bits per heavy atom. The first-order valence-electron chi connectivity index (χ1n) is 7.38. The van der Waals surface area contributed by atoms with Crippen molar-refractivity contribution in [3.05, 3.63) is 83.1 Å². The second-order valence-corrected chi connectivity index (χ2v) is 5.62. The molecule has 0 saturated heterocycles. The van der Waals surface area contributed by atoms with Crippen molar-refractivity contribution in [2.24, 2.45) is 0 Å². The van der Waals surface area contributed by atoms with E-state index in [4.69, 9.17) is 16.3 Å². The Balaban J connectivity index is 1.76. The van der Waals surface area contributed by atoms with E-state index in [0.29, 0.717) is 27.8 Å². The van der Waals surface area contributed by atoms with Gasteiger partial charge in [-0.3, -0.25) is 9.78 Å². The molecule has 0 saturated carbocycles. The molecule has 1 amide bonds. The van der Waals surface area contributed by atoms with Crippen LogP contribution < -0.4 is 10.1 Å².